The van der Waals surface area contributed by atoms with Crippen LogP contribution in [0.5, 0.6) is 0 Å². The van der Waals surface area contributed by atoms with Crippen LogP contribution in [0.4, 0.5) is 11.4 Å². The predicted molar refractivity (Wildman–Crippen MR) is 86.2 cm³/mol. The summed E-state index contributed by atoms with van der Waals surface area (Å²) in [6, 6.07) is 14.1. The highest BCUT2D eigenvalue weighted by molar-refractivity contribution is 5.97. The highest BCUT2D eigenvalue weighted by atomic mass is 16.2. The van der Waals surface area contributed by atoms with Gasteiger partial charge in [0.2, 0.25) is 5.91 Å². The van der Waals surface area contributed by atoms with Crippen LogP contribution in [0.1, 0.15) is 29.0 Å². The van der Waals surface area contributed by atoms with Gasteiger partial charge in [0.05, 0.1) is 11.4 Å². The molecule has 0 aromatic heterocycles. The minimum absolute atomic E-state index is 0.0633. The van der Waals surface area contributed by atoms with E-state index >= 15 is 0 Å². The van der Waals surface area contributed by atoms with Crippen LogP contribution in [-0.4, -0.2) is 5.91 Å². The number of amides is 1. The molecule has 3 nitrogen and oxygen atoms in total. The van der Waals surface area contributed by atoms with Crippen molar-refractivity contribution < 1.29 is 4.79 Å². The number of benzene rings is 2. The minimum Gasteiger partial charge on any atom is -0.397 e. The molecule has 108 valence electrons. The van der Waals surface area contributed by atoms with Crippen molar-refractivity contribution in [1.29, 1.82) is 0 Å². The van der Waals surface area contributed by atoms with Gasteiger partial charge in [0.1, 0.15) is 0 Å². The van der Waals surface area contributed by atoms with E-state index in [9.17, 15) is 4.79 Å². The van der Waals surface area contributed by atoms with E-state index in [1.807, 2.05) is 44.2 Å². The summed E-state index contributed by atoms with van der Waals surface area (Å²) in [5, 5.41) is 2.98. The molecule has 1 aliphatic rings. The SMILES string of the molecule is Cc1cc(N)c(NC(=O)C2CC2c2ccccc2)cc1C. The molecule has 1 saturated carbocycles. The Balaban J connectivity index is 1.70. The van der Waals surface area contributed by atoms with Crippen molar-refractivity contribution >= 4 is 17.3 Å². The third-order valence-electron chi connectivity index (χ3n) is 4.28. The first-order chi connectivity index (χ1) is 10.1. The lowest BCUT2D eigenvalue weighted by atomic mass is 10.1. The Hall–Kier alpha value is -2.29. The zero-order chi connectivity index (χ0) is 15.0. The third kappa shape index (κ3) is 2.77. The highest BCUT2D eigenvalue weighted by Crippen LogP contribution is 2.48. The molecule has 0 bridgehead atoms. The number of hydrogen-bond acceptors (Lipinski definition) is 2. The van der Waals surface area contributed by atoms with E-state index in [0.717, 1.165) is 23.2 Å². The van der Waals surface area contributed by atoms with Crippen LogP contribution in [-0.2, 0) is 4.79 Å². The number of hydrogen-bond donors (Lipinski definition) is 2. The van der Waals surface area contributed by atoms with Gasteiger partial charge in [-0.25, -0.2) is 0 Å². The fourth-order valence-electron chi connectivity index (χ4n) is 2.73. The summed E-state index contributed by atoms with van der Waals surface area (Å²) < 4.78 is 0. The number of anilines is 2. The quantitative estimate of drug-likeness (QED) is 0.844. The van der Waals surface area contributed by atoms with Gasteiger partial charge in [0.15, 0.2) is 0 Å². The molecule has 1 aliphatic carbocycles. The third-order valence-corrected chi connectivity index (χ3v) is 4.28. The Labute approximate surface area is 125 Å². The van der Waals surface area contributed by atoms with E-state index in [4.69, 9.17) is 5.73 Å². The predicted octanol–water partition coefficient (Wildman–Crippen LogP) is 3.63. The van der Waals surface area contributed by atoms with Gasteiger partial charge in [0, 0.05) is 5.92 Å². The van der Waals surface area contributed by atoms with Crippen LogP contribution in [0, 0.1) is 19.8 Å². The van der Waals surface area contributed by atoms with Gasteiger partial charge in [-0.1, -0.05) is 30.3 Å². The molecule has 0 heterocycles. The van der Waals surface area contributed by atoms with E-state index in [0.29, 0.717) is 11.6 Å². The normalized spacial score (nSPS) is 20.1. The van der Waals surface area contributed by atoms with E-state index < -0.39 is 0 Å². The molecule has 2 aromatic rings. The lowest BCUT2D eigenvalue weighted by Gasteiger charge is -2.11. The van der Waals surface area contributed by atoms with Crippen molar-refractivity contribution in [2.45, 2.75) is 26.2 Å². The summed E-state index contributed by atoms with van der Waals surface area (Å²) in [6.45, 7) is 4.04. The minimum atomic E-state index is 0.0633. The maximum absolute atomic E-state index is 12.3. The number of nitrogens with one attached hydrogen (secondary N) is 1. The van der Waals surface area contributed by atoms with Gasteiger partial charge < -0.3 is 11.1 Å². The Morgan fingerprint density at radius 1 is 1.14 bits per heavy atom. The van der Waals surface area contributed by atoms with Gasteiger partial charge >= 0.3 is 0 Å². The topological polar surface area (TPSA) is 55.1 Å². The molecule has 0 spiro atoms. The van der Waals surface area contributed by atoms with Crippen LogP contribution < -0.4 is 11.1 Å². The number of carbonyl (C=O) groups is 1. The molecule has 2 atom stereocenters. The first-order valence-corrected chi connectivity index (χ1v) is 7.29. The first-order valence-electron chi connectivity index (χ1n) is 7.29. The van der Waals surface area contributed by atoms with Crippen molar-refractivity contribution in [1.82, 2.24) is 0 Å². The Morgan fingerprint density at radius 3 is 2.52 bits per heavy atom. The number of aryl methyl sites for hydroxylation is 2. The van der Waals surface area contributed by atoms with E-state index in [2.05, 4.69) is 17.4 Å². The largest absolute Gasteiger partial charge is 0.397 e. The maximum atomic E-state index is 12.3. The summed E-state index contributed by atoms with van der Waals surface area (Å²) in [5.41, 5.74) is 10.9. The first kappa shape index (κ1) is 13.7. The molecule has 0 saturated heterocycles. The number of carbonyl (C=O) groups excluding carboxylic acids is 1. The van der Waals surface area contributed by atoms with E-state index in [1.165, 1.54) is 5.56 Å². The fraction of sp³-hybridized carbons (Fsp3) is 0.278. The number of nitrogen functional groups attached to an aromatic ring is 1. The van der Waals surface area contributed by atoms with Crippen molar-refractivity contribution in [3.63, 3.8) is 0 Å². The molecular weight excluding hydrogens is 260 g/mol. The van der Waals surface area contributed by atoms with Gasteiger partial charge in [-0.3, -0.25) is 4.79 Å². The van der Waals surface area contributed by atoms with Crippen LogP contribution in [0.15, 0.2) is 42.5 Å². The smallest absolute Gasteiger partial charge is 0.228 e. The van der Waals surface area contributed by atoms with Crippen molar-refractivity contribution in [3.8, 4) is 0 Å². The van der Waals surface area contributed by atoms with Crippen LogP contribution in [0.25, 0.3) is 0 Å². The van der Waals surface area contributed by atoms with E-state index in [1.54, 1.807) is 0 Å². The molecule has 1 fully saturated rings. The average Bonchev–Trinajstić information content (AvgIpc) is 3.26. The Bertz CT molecular complexity index is 679. The Kier molecular flexibility index (Phi) is 3.42. The zero-order valence-electron chi connectivity index (χ0n) is 12.4. The van der Waals surface area contributed by atoms with Gasteiger partial charge in [0.25, 0.3) is 0 Å². The summed E-state index contributed by atoms with van der Waals surface area (Å²) in [7, 11) is 0. The van der Waals surface area contributed by atoms with Crippen molar-refractivity contribution in [2.75, 3.05) is 11.1 Å². The standard InChI is InChI=1S/C18H20N2O/c1-11-8-16(19)17(9-12(11)2)20-18(21)15-10-14(15)13-6-4-3-5-7-13/h3-9,14-15H,10,19H2,1-2H3,(H,20,21). The molecule has 0 aliphatic heterocycles. The summed E-state index contributed by atoms with van der Waals surface area (Å²) in [5.74, 6) is 0.478. The molecule has 21 heavy (non-hydrogen) atoms. The van der Waals surface area contributed by atoms with Crippen molar-refractivity contribution in [3.05, 3.63) is 59.2 Å². The molecule has 2 aromatic carbocycles. The zero-order valence-corrected chi connectivity index (χ0v) is 12.4. The number of nitrogens with two attached hydrogens (primary N) is 1. The van der Waals surface area contributed by atoms with Crippen LogP contribution >= 0.6 is 0 Å². The molecular formula is C18H20N2O. The van der Waals surface area contributed by atoms with Gasteiger partial charge in [-0.15, -0.1) is 0 Å². The lowest BCUT2D eigenvalue weighted by molar-refractivity contribution is -0.117. The molecule has 1 amide bonds. The molecule has 2 unspecified atom stereocenters. The lowest BCUT2D eigenvalue weighted by Crippen LogP contribution is -2.16. The fourth-order valence-corrected chi connectivity index (χ4v) is 2.73. The second kappa shape index (κ2) is 5.24. The summed E-state index contributed by atoms with van der Waals surface area (Å²) in [4.78, 5) is 12.3. The summed E-state index contributed by atoms with van der Waals surface area (Å²) >= 11 is 0. The summed E-state index contributed by atoms with van der Waals surface area (Å²) in [6.07, 6.45) is 0.917. The average molecular weight is 280 g/mol. The second-order valence-corrected chi connectivity index (χ2v) is 5.87. The van der Waals surface area contributed by atoms with Crippen molar-refractivity contribution in [2.24, 2.45) is 5.92 Å². The van der Waals surface area contributed by atoms with Gasteiger partial charge in [-0.05, 0) is 55.0 Å². The maximum Gasteiger partial charge on any atom is 0.228 e. The number of rotatable bonds is 3. The molecule has 3 rings (SSSR count). The monoisotopic (exact) mass is 280 g/mol. The molecule has 3 N–H and O–H groups in total. The van der Waals surface area contributed by atoms with Crippen LogP contribution in [0.3, 0.4) is 0 Å². The molecule has 0 radical (unpaired) electrons. The second-order valence-electron chi connectivity index (χ2n) is 5.87. The highest BCUT2D eigenvalue weighted by Gasteiger charge is 2.43. The van der Waals surface area contributed by atoms with Crippen LogP contribution in [0.2, 0.25) is 0 Å². The Morgan fingerprint density at radius 2 is 1.81 bits per heavy atom. The van der Waals surface area contributed by atoms with Gasteiger partial charge in [-0.2, -0.15) is 0 Å². The van der Waals surface area contributed by atoms with E-state index in [-0.39, 0.29) is 11.8 Å². The molecule has 3 heteroatoms.